The molecule has 0 bridgehead atoms. The molecule has 5 atom stereocenters. The number of ether oxygens (including phenoxy) is 1. The third-order valence-electron chi connectivity index (χ3n) is 8.97. The predicted molar refractivity (Wildman–Crippen MR) is 165 cm³/mol. The molecule has 0 radical (unpaired) electrons. The molecule has 1 fully saturated rings. The number of fused-ring (bicyclic) bond motifs is 6. The highest BCUT2D eigenvalue weighted by Gasteiger charge is 2.39. The molecular weight excluding hydrogens is 506 g/mol. The quantitative estimate of drug-likeness (QED) is 0.394. The molecule has 194 valence electrons. The van der Waals surface area contributed by atoms with Gasteiger partial charge in [-0.3, -0.25) is 0 Å². The minimum Gasteiger partial charge on any atom is -0.365 e. The van der Waals surface area contributed by atoms with Gasteiger partial charge in [0.25, 0.3) is 0 Å². The topological polar surface area (TPSA) is 33.0 Å². The van der Waals surface area contributed by atoms with Crippen molar-refractivity contribution in [2.75, 3.05) is 0 Å². The summed E-state index contributed by atoms with van der Waals surface area (Å²) in [6.07, 6.45) is 30.5. The molecule has 1 saturated heterocycles. The largest absolute Gasteiger partial charge is 0.365 e. The van der Waals surface area contributed by atoms with E-state index in [0.717, 1.165) is 36.0 Å². The molecule has 0 spiro atoms. The van der Waals surface area contributed by atoms with E-state index in [-0.39, 0.29) is 12.2 Å². The molecule has 4 aliphatic carbocycles. The second kappa shape index (κ2) is 9.66. The molecule has 40 heavy (non-hydrogen) atoms. The van der Waals surface area contributed by atoms with Crippen LogP contribution in [-0.4, -0.2) is 17.5 Å². The van der Waals surface area contributed by atoms with Crippen LogP contribution in [0, 0.1) is 17.2 Å². The molecular formula is C37H29NOS. The zero-order chi connectivity index (χ0) is 26.6. The molecule has 6 aliphatic rings. The Morgan fingerprint density at radius 3 is 2.67 bits per heavy atom. The van der Waals surface area contributed by atoms with Crippen molar-refractivity contribution in [1.82, 2.24) is 0 Å². The number of hydrogen-bond donors (Lipinski definition) is 0. The van der Waals surface area contributed by atoms with Crippen LogP contribution in [0.3, 0.4) is 0 Å². The van der Waals surface area contributed by atoms with Crippen LogP contribution in [0.2, 0.25) is 0 Å². The molecule has 2 aromatic carbocycles. The Morgan fingerprint density at radius 2 is 1.77 bits per heavy atom. The van der Waals surface area contributed by atoms with Gasteiger partial charge >= 0.3 is 0 Å². The lowest BCUT2D eigenvalue weighted by Gasteiger charge is -2.26. The fraction of sp³-hybridized carbons (Fsp3) is 0.216. The molecule has 0 saturated carbocycles. The SMILES string of the molecule is N#Cc1ccc(C2=CCC3OC4C=CC=CC4C3=C2)c(C2=CC3c4ccccc4SC3C=C2)c1C1=CCCC=C1. The first-order valence-electron chi connectivity index (χ1n) is 14.3. The summed E-state index contributed by atoms with van der Waals surface area (Å²) in [5.74, 6) is 0.625. The number of thioether (sulfide) groups is 1. The molecule has 0 amide bonds. The average Bonchev–Trinajstić information content (AvgIpc) is 3.58. The summed E-state index contributed by atoms with van der Waals surface area (Å²) in [7, 11) is 0. The van der Waals surface area contributed by atoms with Crippen LogP contribution >= 0.6 is 11.8 Å². The number of hydrogen-bond acceptors (Lipinski definition) is 3. The first kappa shape index (κ1) is 24.0. The van der Waals surface area contributed by atoms with E-state index < -0.39 is 0 Å². The van der Waals surface area contributed by atoms with Crippen LogP contribution < -0.4 is 0 Å². The number of benzene rings is 2. The molecule has 0 aromatic heterocycles. The minimum absolute atomic E-state index is 0.128. The average molecular weight is 536 g/mol. The fourth-order valence-electron chi connectivity index (χ4n) is 7.09. The van der Waals surface area contributed by atoms with Crippen LogP contribution in [-0.2, 0) is 4.74 Å². The van der Waals surface area contributed by atoms with E-state index >= 15 is 0 Å². The third-order valence-corrected chi connectivity index (χ3v) is 10.3. The van der Waals surface area contributed by atoms with Crippen molar-refractivity contribution in [3.05, 3.63) is 143 Å². The fourth-order valence-corrected chi connectivity index (χ4v) is 8.41. The highest BCUT2D eigenvalue weighted by molar-refractivity contribution is 8.00. The van der Waals surface area contributed by atoms with Crippen molar-refractivity contribution in [3.63, 3.8) is 0 Å². The van der Waals surface area contributed by atoms with Gasteiger partial charge < -0.3 is 4.74 Å². The Hall–Kier alpha value is -3.84. The maximum absolute atomic E-state index is 10.3. The van der Waals surface area contributed by atoms with Gasteiger partial charge in [0, 0.05) is 27.5 Å². The van der Waals surface area contributed by atoms with Gasteiger partial charge in [0.15, 0.2) is 0 Å². The van der Waals surface area contributed by atoms with Gasteiger partial charge in [-0.25, -0.2) is 0 Å². The standard InChI is InChI=1S/C37H29NOS/c38-22-26-14-17-27(24-15-18-33-30(20-24)28-10-4-6-12-32(28)39-33)37(36(26)23-8-2-1-3-9-23)25-16-19-35-31(21-25)29-11-5-7-13-34(29)40-35/h2,4-17,19-21,28,31-33,35H,1,3,18H2. The lowest BCUT2D eigenvalue weighted by atomic mass is 9.78. The third kappa shape index (κ3) is 3.82. The summed E-state index contributed by atoms with van der Waals surface area (Å²) in [6.45, 7) is 0. The van der Waals surface area contributed by atoms with Crippen molar-refractivity contribution in [1.29, 1.82) is 5.26 Å². The summed E-state index contributed by atoms with van der Waals surface area (Å²) >= 11 is 1.96. The maximum atomic E-state index is 10.3. The van der Waals surface area contributed by atoms with Gasteiger partial charge in [-0.15, -0.1) is 11.8 Å². The van der Waals surface area contributed by atoms with Gasteiger partial charge in [0.1, 0.15) is 0 Å². The molecule has 2 aliphatic heterocycles. The van der Waals surface area contributed by atoms with E-state index in [2.05, 4.69) is 109 Å². The van der Waals surface area contributed by atoms with Gasteiger partial charge in [-0.1, -0.05) is 97.2 Å². The lowest BCUT2D eigenvalue weighted by Crippen LogP contribution is -2.14. The molecule has 5 unspecified atom stereocenters. The summed E-state index contributed by atoms with van der Waals surface area (Å²) in [4.78, 5) is 1.37. The van der Waals surface area contributed by atoms with Gasteiger partial charge in [-0.05, 0) is 70.4 Å². The highest BCUT2D eigenvalue weighted by Crippen LogP contribution is 2.51. The summed E-state index contributed by atoms with van der Waals surface area (Å²) in [5, 5.41) is 10.7. The minimum atomic E-state index is 0.128. The van der Waals surface area contributed by atoms with Gasteiger partial charge in [0.05, 0.1) is 23.8 Å². The van der Waals surface area contributed by atoms with Crippen molar-refractivity contribution in [2.24, 2.45) is 5.92 Å². The normalized spacial score (nSPS) is 28.9. The van der Waals surface area contributed by atoms with E-state index in [1.165, 1.54) is 38.3 Å². The molecule has 2 nitrogen and oxygen atoms in total. The van der Waals surface area contributed by atoms with Crippen LogP contribution in [0.15, 0.2) is 120 Å². The van der Waals surface area contributed by atoms with Crippen LogP contribution in [0.4, 0.5) is 0 Å². The van der Waals surface area contributed by atoms with Crippen molar-refractivity contribution in [2.45, 2.75) is 47.5 Å². The summed E-state index contributed by atoms with van der Waals surface area (Å²) in [6, 6.07) is 15.5. The zero-order valence-electron chi connectivity index (χ0n) is 22.2. The molecule has 8 rings (SSSR count). The highest BCUT2D eigenvalue weighted by atomic mass is 32.2. The van der Waals surface area contributed by atoms with E-state index in [0.29, 0.717) is 17.1 Å². The second-order valence-corrected chi connectivity index (χ2v) is 12.4. The Bertz CT molecular complexity index is 1720. The summed E-state index contributed by atoms with van der Waals surface area (Å²) < 4.78 is 6.40. The van der Waals surface area contributed by atoms with Crippen LogP contribution in [0.5, 0.6) is 0 Å². The number of rotatable bonds is 3. The molecule has 2 aromatic rings. The second-order valence-electron chi connectivity index (χ2n) is 11.2. The molecule has 0 N–H and O–H groups in total. The van der Waals surface area contributed by atoms with Crippen molar-refractivity contribution in [3.8, 4) is 6.07 Å². The van der Waals surface area contributed by atoms with E-state index in [4.69, 9.17) is 4.74 Å². The van der Waals surface area contributed by atoms with E-state index in [1.807, 2.05) is 17.8 Å². The molecule has 2 heterocycles. The zero-order valence-corrected chi connectivity index (χ0v) is 23.0. The van der Waals surface area contributed by atoms with Crippen molar-refractivity contribution >= 4 is 28.5 Å². The maximum Gasteiger partial charge on any atom is 0.0998 e. The van der Waals surface area contributed by atoms with Crippen LogP contribution in [0.25, 0.3) is 16.7 Å². The number of allylic oxidation sites excluding steroid dienone is 11. The first-order chi connectivity index (χ1) is 19.8. The Labute approximate surface area is 240 Å². The Morgan fingerprint density at radius 1 is 0.850 bits per heavy atom. The predicted octanol–water partition coefficient (Wildman–Crippen LogP) is 8.73. The van der Waals surface area contributed by atoms with E-state index in [9.17, 15) is 5.26 Å². The van der Waals surface area contributed by atoms with Crippen LogP contribution in [0.1, 0.15) is 53.0 Å². The van der Waals surface area contributed by atoms with Gasteiger partial charge in [0.2, 0.25) is 0 Å². The first-order valence-corrected chi connectivity index (χ1v) is 15.2. The monoisotopic (exact) mass is 535 g/mol. The Kier molecular flexibility index (Phi) is 5.80. The molecule has 3 heteroatoms. The lowest BCUT2D eigenvalue weighted by molar-refractivity contribution is 0.0740. The van der Waals surface area contributed by atoms with E-state index in [1.54, 1.807) is 0 Å². The summed E-state index contributed by atoms with van der Waals surface area (Å²) in [5.41, 5.74) is 10.6. The number of nitriles is 1. The number of nitrogens with zero attached hydrogens (tertiary/aromatic N) is 1. The van der Waals surface area contributed by atoms with Crippen molar-refractivity contribution < 1.29 is 4.74 Å². The smallest absolute Gasteiger partial charge is 0.0998 e. The Balaban J connectivity index is 1.32. The van der Waals surface area contributed by atoms with Gasteiger partial charge in [-0.2, -0.15) is 5.26 Å².